The Morgan fingerprint density at radius 1 is 1.41 bits per heavy atom. The van der Waals surface area contributed by atoms with Crippen LogP contribution in [0.25, 0.3) is 11.3 Å². The topological polar surface area (TPSA) is 51.8 Å². The zero-order valence-electron chi connectivity index (χ0n) is 9.54. The second kappa shape index (κ2) is 4.55. The van der Waals surface area contributed by atoms with Crippen LogP contribution in [0.15, 0.2) is 29.9 Å². The molecule has 0 saturated heterocycles. The minimum atomic E-state index is 0.428. The number of nitrogens with two attached hydrogens (primary N) is 1. The van der Waals surface area contributed by atoms with E-state index in [-0.39, 0.29) is 0 Å². The van der Waals surface area contributed by atoms with E-state index < -0.39 is 0 Å². The molecule has 0 spiro atoms. The molecule has 0 bridgehead atoms. The molecule has 2 N–H and O–H groups in total. The molecule has 2 aromatic heterocycles. The Morgan fingerprint density at radius 2 is 2.29 bits per heavy atom. The summed E-state index contributed by atoms with van der Waals surface area (Å²) in [5.74, 6) is 0.748. The monoisotopic (exact) mass is 245 g/mol. The van der Waals surface area contributed by atoms with Crippen LogP contribution in [0.2, 0.25) is 0 Å². The predicted octanol–water partition coefficient (Wildman–Crippen LogP) is 2.48. The first-order valence-electron chi connectivity index (χ1n) is 5.91. The lowest BCUT2D eigenvalue weighted by molar-refractivity contribution is 0.264. The van der Waals surface area contributed by atoms with Crippen molar-refractivity contribution < 1.29 is 0 Å². The van der Waals surface area contributed by atoms with E-state index in [0.717, 1.165) is 36.4 Å². The molecule has 2 heterocycles. The number of nitrogens with zero attached hydrogens (tertiary/aromatic N) is 2. The Balaban J connectivity index is 1.70. The molecule has 1 saturated carbocycles. The van der Waals surface area contributed by atoms with Gasteiger partial charge in [-0.15, -0.1) is 11.3 Å². The third kappa shape index (κ3) is 2.37. The van der Waals surface area contributed by atoms with Crippen molar-refractivity contribution in [3.63, 3.8) is 0 Å². The van der Waals surface area contributed by atoms with Crippen molar-refractivity contribution in [1.29, 1.82) is 0 Å². The molecule has 0 atom stereocenters. The van der Waals surface area contributed by atoms with Gasteiger partial charge in [-0.25, -0.2) is 4.98 Å². The predicted molar refractivity (Wildman–Crippen MR) is 69.7 cm³/mol. The second-order valence-corrected chi connectivity index (χ2v) is 5.61. The van der Waals surface area contributed by atoms with Gasteiger partial charge in [0.1, 0.15) is 0 Å². The van der Waals surface area contributed by atoms with Crippen LogP contribution < -0.4 is 5.73 Å². The van der Waals surface area contributed by atoms with E-state index in [2.05, 4.69) is 15.3 Å². The SMILES string of the molecule is NC1CC(Cc2nc(-c3cccnc3)cs2)C1. The molecule has 0 aromatic carbocycles. The Bertz CT molecular complexity index is 488. The first-order valence-corrected chi connectivity index (χ1v) is 6.79. The van der Waals surface area contributed by atoms with Crippen molar-refractivity contribution >= 4 is 11.3 Å². The zero-order chi connectivity index (χ0) is 11.7. The van der Waals surface area contributed by atoms with Crippen molar-refractivity contribution in [3.8, 4) is 11.3 Å². The van der Waals surface area contributed by atoms with Crippen molar-refractivity contribution in [1.82, 2.24) is 9.97 Å². The number of aromatic nitrogens is 2. The number of hydrogen-bond acceptors (Lipinski definition) is 4. The second-order valence-electron chi connectivity index (χ2n) is 4.67. The van der Waals surface area contributed by atoms with Gasteiger partial charge in [0.15, 0.2) is 0 Å². The molecule has 0 radical (unpaired) electrons. The van der Waals surface area contributed by atoms with Crippen LogP contribution >= 0.6 is 11.3 Å². The van der Waals surface area contributed by atoms with Crippen LogP contribution in [0.5, 0.6) is 0 Å². The summed E-state index contributed by atoms with van der Waals surface area (Å²) >= 11 is 1.74. The van der Waals surface area contributed by atoms with Crippen LogP contribution in [0.4, 0.5) is 0 Å². The van der Waals surface area contributed by atoms with Crippen molar-refractivity contribution in [2.75, 3.05) is 0 Å². The normalized spacial score (nSPS) is 23.4. The van der Waals surface area contributed by atoms with Crippen LogP contribution in [0.3, 0.4) is 0 Å². The van der Waals surface area contributed by atoms with Crippen LogP contribution in [0, 0.1) is 5.92 Å². The summed E-state index contributed by atoms with van der Waals surface area (Å²) in [4.78, 5) is 8.78. The Kier molecular flexibility index (Phi) is 2.91. The van der Waals surface area contributed by atoms with E-state index in [1.807, 2.05) is 18.3 Å². The van der Waals surface area contributed by atoms with E-state index in [9.17, 15) is 0 Å². The lowest BCUT2D eigenvalue weighted by atomic mass is 9.79. The molecule has 1 aliphatic rings. The molecule has 88 valence electrons. The number of pyridine rings is 1. The third-order valence-corrected chi connectivity index (χ3v) is 4.12. The highest BCUT2D eigenvalue weighted by Crippen LogP contribution is 2.31. The van der Waals surface area contributed by atoms with E-state index >= 15 is 0 Å². The summed E-state index contributed by atoms with van der Waals surface area (Å²) in [5, 5.41) is 3.34. The van der Waals surface area contributed by atoms with Gasteiger partial charge in [0.05, 0.1) is 10.7 Å². The van der Waals surface area contributed by atoms with Gasteiger partial charge in [-0.3, -0.25) is 4.98 Å². The smallest absolute Gasteiger partial charge is 0.0935 e. The molecule has 3 rings (SSSR count). The maximum Gasteiger partial charge on any atom is 0.0935 e. The zero-order valence-corrected chi connectivity index (χ0v) is 10.4. The van der Waals surface area contributed by atoms with E-state index in [4.69, 9.17) is 5.73 Å². The van der Waals surface area contributed by atoms with E-state index in [1.54, 1.807) is 17.5 Å². The van der Waals surface area contributed by atoms with Crippen LogP contribution in [-0.2, 0) is 6.42 Å². The van der Waals surface area contributed by atoms with Gasteiger partial charge >= 0.3 is 0 Å². The van der Waals surface area contributed by atoms with Crippen molar-refractivity contribution in [3.05, 3.63) is 34.9 Å². The first kappa shape index (κ1) is 10.9. The summed E-state index contributed by atoms with van der Waals surface area (Å²) in [6, 6.07) is 4.42. The molecule has 0 amide bonds. The maximum atomic E-state index is 5.79. The largest absolute Gasteiger partial charge is 0.328 e. The molecule has 1 fully saturated rings. The first-order chi connectivity index (χ1) is 8.31. The summed E-state index contributed by atoms with van der Waals surface area (Å²) < 4.78 is 0. The van der Waals surface area contributed by atoms with Crippen molar-refractivity contribution in [2.45, 2.75) is 25.3 Å². The minimum absolute atomic E-state index is 0.428. The number of rotatable bonds is 3. The minimum Gasteiger partial charge on any atom is -0.328 e. The van der Waals surface area contributed by atoms with Gasteiger partial charge in [0, 0.05) is 35.8 Å². The Morgan fingerprint density at radius 3 is 3.00 bits per heavy atom. The summed E-state index contributed by atoms with van der Waals surface area (Å²) in [6.45, 7) is 0. The standard InChI is InChI=1S/C13H15N3S/c14-11-4-9(5-11)6-13-16-12(8-17-13)10-2-1-3-15-7-10/h1-3,7-9,11H,4-6,14H2. The molecule has 2 aromatic rings. The quantitative estimate of drug-likeness (QED) is 0.903. The van der Waals surface area contributed by atoms with E-state index in [1.165, 1.54) is 5.01 Å². The van der Waals surface area contributed by atoms with Gasteiger partial charge in [0.2, 0.25) is 0 Å². The lowest BCUT2D eigenvalue weighted by Gasteiger charge is -2.31. The molecule has 17 heavy (non-hydrogen) atoms. The molecule has 0 aliphatic heterocycles. The Labute approximate surface area is 105 Å². The molecule has 4 heteroatoms. The fourth-order valence-electron chi connectivity index (χ4n) is 2.25. The van der Waals surface area contributed by atoms with Gasteiger partial charge in [-0.05, 0) is 30.9 Å². The lowest BCUT2D eigenvalue weighted by Crippen LogP contribution is -2.37. The van der Waals surface area contributed by atoms with E-state index in [0.29, 0.717) is 6.04 Å². The fraction of sp³-hybridized carbons (Fsp3) is 0.385. The molecular formula is C13H15N3S. The fourth-order valence-corrected chi connectivity index (χ4v) is 3.17. The van der Waals surface area contributed by atoms with Crippen molar-refractivity contribution in [2.24, 2.45) is 11.7 Å². The molecular weight excluding hydrogens is 230 g/mol. The average molecular weight is 245 g/mol. The molecule has 3 nitrogen and oxygen atoms in total. The number of thiazole rings is 1. The summed E-state index contributed by atoms with van der Waals surface area (Å²) in [6.07, 6.45) is 7.03. The highest BCUT2D eigenvalue weighted by atomic mass is 32.1. The summed E-state index contributed by atoms with van der Waals surface area (Å²) in [7, 11) is 0. The van der Waals surface area contributed by atoms with Crippen LogP contribution in [0.1, 0.15) is 17.8 Å². The van der Waals surface area contributed by atoms with Crippen LogP contribution in [-0.4, -0.2) is 16.0 Å². The molecule has 1 aliphatic carbocycles. The van der Waals surface area contributed by atoms with Gasteiger partial charge < -0.3 is 5.73 Å². The molecule has 0 unspecified atom stereocenters. The van der Waals surface area contributed by atoms with Gasteiger partial charge in [-0.1, -0.05) is 0 Å². The third-order valence-electron chi connectivity index (χ3n) is 3.24. The highest BCUT2D eigenvalue weighted by molar-refractivity contribution is 7.09. The highest BCUT2D eigenvalue weighted by Gasteiger charge is 2.26. The average Bonchev–Trinajstić information content (AvgIpc) is 2.77. The maximum absolute atomic E-state index is 5.79. The van der Waals surface area contributed by atoms with Gasteiger partial charge in [-0.2, -0.15) is 0 Å². The van der Waals surface area contributed by atoms with Gasteiger partial charge in [0.25, 0.3) is 0 Å². The Hall–Kier alpha value is -1.26. The summed E-state index contributed by atoms with van der Waals surface area (Å²) in [5.41, 5.74) is 7.93. The number of hydrogen-bond donors (Lipinski definition) is 1.